The standard InChI is InChI=1S/C16H20BrN3O3/c1-10(2)8-18-13(21)9-20-14(22)16(3,19-15(20)23)11-6-4-5-7-12(11)17/h4-7,10H,8-9H2,1-3H3,(H,18,21)(H,19,23). The summed E-state index contributed by atoms with van der Waals surface area (Å²) >= 11 is 3.40. The molecule has 0 radical (unpaired) electrons. The quantitative estimate of drug-likeness (QED) is 0.765. The Morgan fingerprint density at radius 1 is 1.35 bits per heavy atom. The van der Waals surface area contributed by atoms with Gasteiger partial charge in [-0.1, -0.05) is 48.0 Å². The molecule has 1 atom stereocenters. The van der Waals surface area contributed by atoms with E-state index in [0.717, 1.165) is 9.37 Å². The molecule has 1 aliphatic heterocycles. The van der Waals surface area contributed by atoms with E-state index in [1.807, 2.05) is 19.9 Å². The smallest absolute Gasteiger partial charge is 0.325 e. The van der Waals surface area contributed by atoms with Crippen LogP contribution < -0.4 is 10.6 Å². The fourth-order valence-electron chi connectivity index (χ4n) is 2.41. The van der Waals surface area contributed by atoms with E-state index in [0.29, 0.717) is 18.0 Å². The van der Waals surface area contributed by atoms with Crippen molar-refractivity contribution >= 4 is 33.8 Å². The van der Waals surface area contributed by atoms with E-state index in [-0.39, 0.29) is 12.5 Å². The lowest BCUT2D eigenvalue weighted by Gasteiger charge is -2.23. The first-order valence-corrected chi connectivity index (χ1v) is 8.21. The zero-order valence-electron chi connectivity index (χ0n) is 13.4. The normalized spacial score (nSPS) is 20.8. The number of carbonyl (C=O) groups is 3. The number of hydrogen-bond acceptors (Lipinski definition) is 3. The van der Waals surface area contributed by atoms with Crippen LogP contribution in [0.15, 0.2) is 28.7 Å². The topological polar surface area (TPSA) is 78.5 Å². The first-order valence-electron chi connectivity index (χ1n) is 7.41. The summed E-state index contributed by atoms with van der Waals surface area (Å²) in [6.45, 7) is 5.80. The number of nitrogens with zero attached hydrogens (tertiary/aromatic N) is 1. The Hall–Kier alpha value is -1.89. The molecule has 4 amide bonds. The molecule has 0 aliphatic carbocycles. The van der Waals surface area contributed by atoms with Crippen molar-refractivity contribution in [3.05, 3.63) is 34.3 Å². The Bertz CT molecular complexity index is 647. The van der Waals surface area contributed by atoms with Crippen molar-refractivity contribution in [2.24, 2.45) is 5.92 Å². The minimum Gasteiger partial charge on any atom is -0.354 e. The molecule has 124 valence electrons. The molecule has 1 aromatic carbocycles. The Balaban J connectivity index is 2.17. The number of hydrogen-bond donors (Lipinski definition) is 2. The lowest BCUT2D eigenvalue weighted by molar-refractivity contribution is -0.134. The summed E-state index contributed by atoms with van der Waals surface area (Å²) in [6.07, 6.45) is 0. The van der Waals surface area contributed by atoms with E-state index in [1.165, 1.54) is 0 Å². The van der Waals surface area contributed by atoms with Crippen LogP contribution in [0.4, 0.5) is 4.79 Å². The lowest BCUT2D eigenvalue weighted by atomic mass is 9.92. The highest BCUT2D eigenvalue weighted by atomic mass is 79.9. The summed E-state index contributed by atoms with van der Waals surface area (Å²) < 4.78 is 0.724. The Morgan fingerprint density at radius 2 is 2.00 bits per heavy atom. The van der Waals surface area contributed by atoms with Gasteiger partial charge < -0.3 is 10.6 Å². The second-order valence-electron chi connectivity index (χ2n) is 6.12. The van der Waals surface area contributed by atoms with Crippen LogP contribution in [0.1, 0.15) is 26.3 Å². The van der Waals surface area contributed by atoms with Gasteiger partial charge in [0.05, 0.1) is 0 Å². The second-order valence-corrected chi connectivity index (χ2v) is 6.98. The first-order chi connectivity index (χ1) is 10.8. The van der Waals surface area contributed by atoms with Crippen LogP contribution in [0, 0.1) is 5.92 Å². The van der Waals surface area contributed by atoms with Crippen molar-refractivity contribution in [1.82, 2.24) is 15.5 Å². The van der Waals surface area contributed by atoms with Crippen molar-refractivity contribution in [2.45, 2.75) is 26.3 Å². The van der Waals surface area contributed by atoms with Gasteiger partial charge in [0, 0.05) is 16.6 Å². The molecule has 1 saturated heterocycles. The number of urea groups is 1. The molecule has 2 N–H and O–H groups in total. The SMILES string of the molecule is CC(C)CNC(=O)CN1C(=O)NC(C)(c2ccccc2Br)C1=O. The average Bonchev–Trinajstić information content (AvgIpc) is 2.70. The molecule has 1 unspecified atom stereocenters. The molecule has 2 rings (SSSR count). The van der Waals surface area contributed by atoms with Crippen LogP contribution in [0.3, 0.4) is 0 Å². The molecular formula is C16H20BrN3O3. The molecule has 7 heteroatoms. The monoisotopic (exact) mass is 381 g/mol. The minimum absolute atomic E-state index is 0.280. The van der Waals surface area contributed by atoms with Gasteiger partial charge in [0.1, 0.15) is 12.1 Å². The van der Waals surface area contributed by atoms with Crippen LogP contribution in [0.5, 0.6) is 0 Å². The summed E-state index contributed by atoms with van der Waals surface area (Å²) in [7, 11) is 0. The largest absolute Gasteiger partial charge is 0.354 e. The van der Waals surface area contributed by atoms with Crippen LogP contribution in [-0.2, 0) is 15.1 Å². The summed E-state index contributed by atoms with van der Waals surface area (Å²) in [5, 5.41) is 5.39. The second kappa shape index (κ2) is 6.70. The van der Waals surface area contributed by atoms with Gasteiger partial charge in [-0.25, -0.2) is 4.79 Å². The highest BCUT2D eigenvalue weighted by Crippen LogP contribution is 2.33. The number of benzene rings is 1. The van der Waals surface area contributed by atoms with E-state index >= 15 is 0 Å². The molecule has 1 aliphatic rings. The van der Waals surface area contributed by atoms with E-state index in [9.17, 15) is 14.4 Å². The van der Waals surface area contributed by atoms with Crippen molar-refractivity contribution in [3.63, 3.8) is 0 Å². The highest BCUT2D eigenvalue weighted by Gasteiger charge is 2.50. The number of nitrogens with one attached hydrogen (secondary N) is 2. The summed E-state index contributed by atoms with van der Waals surface area (Å²) in [5.74, 6) is -0.486. The van der Waals surface area contributed by atoms with Crippen molar-refractivity contribution in [2.75, 3.05) is 13.1 Å². The third kappa shape index (κ3) is 3.55. The van der Waals surface area contributed by atoms with Gasteiger partial charge in [-0.15, -0.1) is 0 Å². The molecule has 0 bridgehead atoms. The molecule has 0 aromatic heterocycles. The predicted octanol–water partition coefficient (Wildman–Crippen LogP) is 1.99. The van der Waals surface area contributed by atoms with Gasteiger partial charge >= 0.3 is 6.03 Å². The Labute approximate surface area is 143 Å². The third-order valence-electron chi connectivity index (χ3n) is 3.70. The maximum atomic E-state index is 12.7. The van der Waals surface area contributed by atoms with E-state index in [1.54, 1.807) is 25.1 Å². The van der Waals surface area contributed by atoms with Gasteiger partial charge in [-0.2, -0.15) is 0 Å². The van der Waals surface area contributed by atoms with E-state index in [4.69, 9.17) is 0 Å². The van der Waals surface area contributed by atoms with Crippen LogP contribution in [0.25, 0.3) is 0 Å². The van der Waals surface area contributed by atoms with Crippen molar-refractivity contribution in [3.8, 4) is 0 Å². The van der Waals surface area contributed by atoms with Crippen LogP contribution in [-0.4, -0.2) is 35.8 Å². The van der Waals surface area contributed by atoms with Gasteiger partial charge in [-0.3, -0.25) is 14.5 Å². The van der Waals surface area contributed by atoms with Gasteiger partial charge in [0.25, 0.3) is 5.91 Å². The molecule has 1 heterocycles. The Kier molecular flexibility index (Phi) is 5.09. The summed E-state index contributed by atoms with van der Waals surface area (Å²) in [4.78, 5) is 37.7. The number of rotatable bonds is 5. The van der Waals surface area contributed by atoms with Crippen molar-refractivity contribution in [1.29, 1.82) is 0 Å². The van der Waals surface area contributed by atoms with Gasteiger partial charge in [0.15, 0.2) is 0 Å². The fourth-order valence-corrected chi connectivity index (χ4v) is 3.09. The van der Waals surface area contributed by atoms with Crippen LogP contribution >= 0.6 is 15.9 Å². The first kappa shape index (κ1) is 17.5. The summed E-state index contributed by atoms with van der Waals surface area (Å²) in [6, 6.07) is 6.63. The van der Waals surface area contributed by atoms with Gasteiger partial charge in [0.2, 0.25) is 5.91 Å². The predicted molar refractivity (Wildman–Crippen MR) is 89.6 cm³/mol. The molecule has 23 heavy (non-hydrogen) atoms. The minimum atomic E-state index is -1.19. The fraction of sp³-hybridized carbons (Fsp3) is 0.438. The molecule has 1 aromatic rings. The lowest BCUT2D eigenvalue weighted by Crippen LogP contribution is -2.43. The maximum Gasteiger partial charge on any atom is 0.325 e. The maximum absolute atomic E-state index is 12.7. The highest BCUT2D eigenvalue weighted by molar-refractivity contribution is 9.10. The number of carbonyl (C=O) groups excluding carboxylic acids is 3. The third-order valence-corrected chi connectivity index (χ3v) is 4.39. The zero-order valence-corrected chi connectivity index (χ0v) is 14.9. The molecule has 0 saturated carbocycles. The van der Waals surface area contributed by atoms with E-state index < -0.39 is 17.5 Å². The average molecular weight is 382 g/mol. The van der Waals surface area contributed by atoms with Gasteiger partial charge in [-0.05, 0) is 18.9 Å². The molecule has 6 nitrogen and oxygen atoms in total. The summed E-state index contributed by atoms with van der Waals surface area (Å²) in [5.41, 5.74) is -0.529. The van der Waals surface area contributed by atoms with Crippen molar-refractivity contribution < 1.29 is 14.4 Å². The number of amides is 4. The van der Waals surface area contributed by atoms with E-state index in [2.05, 4.69) is 26.6 Å². The number of imide groups is 1. The zero-order chi connectivity index (χ0) is 17.2. The van der Waals surface area contributed by atoms with Crippen LogP contribution in [0.2, 0.25) is 0 Å². The molecular weight excluding hydrogens is 362 g/mol. The Morgan fingerprint density at radius 3 is 2.61 bits per heavy atom. The molecule has 1 fully saturated rings. The number of halogens is 1. The molecule has 0 spiro atoms.